The first kappa shape index (κ1) is 20.2. The molecule has 0 spiro atoms. The van der Waals surface area contributed by atoms with Gasteiger partial charge in [-0.15, -0.1) is 0 Å². The molecule has 2 atom stereocenters. The Labute approximate surface area is 193 Å². The van der Waals surface area contributed by atoms with Crippen molar-refractivity contribution < 1.29 is 10.2 Å². The van der Waals surface area contributed by atoms with Crippen LogP contribution < -0.4 is 0 Å². The van der Waals surface area contributed by atoms with Crippen LogP contribution in [0.25, 0.3) is 0 Å². The Kier molecular flexibility index (Phi) is 5.50. The van der Waals surface area contributed by atoms with Crippen LogP contribution in [-0.2, 0) is 10.8 Å². The summed E-state index contributed by atoms with van der Waals surface area (Å²) in [6, 6.07) is 7.25. The molecule has 0 aliphatic heterocycles. The van der Waals surface area contributed by atoms with Gasteiger partial charge in [0.15, 0.2) is 0 Å². The number of rotatable bonds is 2. The van der Waals surface area contributed by atoms with E-state index in [0.717, 1.165) is 43.6 Å². The van der Waals surface area contributed by atoms with Gasteiger partial charge in [-0.25, -0.2) is 0 Å². The average Bonchev–Trinajstić information content (AvgIpc) is 2.93. The summed E-state index contributed by atoms with van der Waals surface area (Å²) in [6.45, 7) is 0. The van der Waals surface area contributed by atoms with Gasteiger partial charge in [0.1, 0.15) is 11.5 Å². The molecule has 2 N–H and O–H groups in total. The molecule has 2 nitrogen and oxygen atoms in total. The van der Waals surface area contributed by atoms with Crippen LogP contribution in [0.5, 0.6) is 11.5 Å². The average molecular weight is 624 g/mol. The van der Waals surface area contributed by atoms with Crippen LogP contribution in [0.4, 0.5) is 0 Å². The van der Waals surface area contributed by atoms with Crippen LogP contribution in [0.3, 0.4) is 0 Å². The lowest BCUT2D eigenvalue weighted by atomic mass is 9.52. The van der Waals surface area contributed by atoms with Gasteiger partial charge in [0, 0.05) is 28.7 Å². The van der Waals surface area contributed by atoms with Crippen LogP contribution in [0.1, 0.15) is 56.1 Å². The molecule has 0 saturated heterocycles. The van der Waals surface area contributed by atoms with Gasteiger partial charge in [-0.1, -0.05) is 83.0 Å². The largest absolute Gasteiger partial charge is 0.508 e. The predicted molar refractivity (Wildman–Crippen MR) is 123 cm³/mol. The molecule has 0 aromatic heterocycles. The van der Waals surface area contributed by atoms with E-state index in [1.165, 1.54) is 30.4 Å². The maximum Gasteiger partial charge on any atom is 0.117 e. The van der Waals surface area contributed by atoms with Crippen molar-refractivity contribution in [3.8, 4) is 11.5 Å². The van der Waals surface area contributed by atoms with Crippen molar-refractivity contribution in [3.63, 3.8) is 0 Å². The minimum absolute atomic E-state index is 0.0152. The monoisotopic (exact) mass is 620 g/mol. The zero-order valence-corrected chi connectivity index (χ0v) is 21.0. The first-order valence-electron chi connectivity index (χ1n) is 9.18. The fraction of sp³-hybridized carbons (Fsp3) is 0.429. The Bertz CT molecular complexity index is 794. The van der Waals surface area contributed by atoms with E-state index in [2.05, 4.69) is 63.7 Å². The SMILES string of the molecule is Oc1cc(Br)c(C23CCCCC2(c2c(Br)cc(O)cc2Br)CCC3)c(Br)c1. The minimum atomic E-state index is -0.0152. The number of halogens is 4. The van der Waals surface area contributed by atoms with Crippen LogP contribution in [0.2, 0.25) is 0 Å². The van der Waals surface area contributed by atoms with E-state index < -0.39 is 0 Å². The molecule has 0 radical (unpaired) electrons. The zero-order chi connectivity index (χ0) is 19.4. The first-order valence-corrected chi connectivity index (χ1v) is 12.3. The molecule has 0 bridgehead atoms. The summed E-state index contributed by atoms with van der Waals surface area (Å²) in [5, 5.41) is 20.1. The Morgan fingerprint density at radius 3 is 1.19 bits per heavy atom. The second-order valence-corrected chi connectivity index (χ2v) is 11.2. The summed E-state index contributed by atoms with van der Waals surface area (Å²) in [4.78, 5) is 0. The number of hydrogen-bond acceptors (Lipinski definition) is 2. The number of aromatic hydroxyl groups is 2. The highest BCUT2D eigenvalue weighted by molar-refractivity contribution is 9.11. The Morgan fingerprint density at radius 1 is 0.556 bits per heavy atom. The molecule has 2 unspecified atom stereocenters. The molecule has 0 heterocycles. The van der Waals surface area contributed by atoms with Gasteiger partial charge >= 0.3 is 0 Å². The third-order valence-electron chi connectivity index (χ3n) is 6.59. The number of phenolic OH excluding ortho intramolecular Hbond substituents is 2. The molecule has 2 fully saturated rings. The molecule has 4 rings (SSSR count). The number of hydrogen-bond donors (Lipinski definition) is 2. The molecule has 2 aliphatic carbocycles. The van der Waals surface area contributed by atoms with Crippen LogP contribution in [0.15, 0.2) is 42.2 Å². The van der Waals surface area contributed by atoms with E-state index in [9.17, 15) is 10.2 Å². The molecule has 2 saturated carbocycles. The lowest BCUT2D eigenvalue weighted by molar-refractivity contribution is 0.168. The van der Waals surface area contributed by atoms with Crippen molar-refractivity contribution in [1.29, 1.82) is 0 Å². The fourth-order valence-electron chi connectivity index (χ4n) is 5.77. The second-order valence-electron chi connectivity index (χ2n) is 7.79. The minimum Gasteiger partial charge on any atom is -0.508 e. The van der Waals surface area contributed by atoms with Gasteiger partial charge in [-0.05, 0) is 61.1 Å². The normalized spacial score (nSPS) is 27.6. The van der Waals surface area contributed by atoms with Crippen LogP contribution in [0, 0.1) is 0 Å². The van der Waals surface area contributed by atoms with Crippen molar-refractivity contribution >= 4 is 63.7 Å². The third kappa shape index (κ3) is 3.04. The fourth-order valence-corrected chi connectivity index (χ4v) is 9.61. The van der Waals surface area contributed by atoms with E-state index in [-0.39, 0.29) is 22.3 Å². The van der Waals surface area contributed by atoms with Gasteiger partial charge in [0.25, 0.3) is 0 Å². The zero-order valence-electron chi connectivity index (χ0n) is 14.7. The Balaban J connectivity index is 2.02. The maximum atomic E-state index is 10.1. The van der Waals surface area contributed by atoms with Gasteiger partial charge in [0.2, 0.25) is 0 Å². The number of phenols is 2. The summed E-state index contributed by atoms with van der Waals surface area (Å²) in [6.07, 6.45) is 8.05. The highest BCUT2D eigenvalue weighted by atomic mass is 79.9. The van der Waals surface area contributed by atoms with Crippen LogP contribution >= 0.6 is 63.7 Å². The molecule has 0 amide bonds. The first-order chi connectivity index (χ1) is 12.8. The molecule has 2 aliphatic rings. The highest BCUT2D eigenvalue weighted by Gasteiger charge is 2.59. The molecule has 6 heteroatoms. The third-order valence-corrected chi connectivity index (χ3v) is 9.09. The van der Waals surface area contributed by atoms with Crippen molar-refractivity contribution in [2.75, 3.05) is 0 Å². The molecule has 144 valence electrons. The van der Waals surface area contributed by atoms with E-state index in [0.29, 0.717) is 0 Å². The molecule has 2 aromatic rings. The van der Waals surface area contributed by atoms with Crippen molar-refractivity contribution in [1.82, 2.24) is 0 Å². The number of benzene rings is 2. The van der Waals surface area contributed by atoms with Gasteiger partial charge in [0.05, 0.1) is 0 Å². The van der Waals surface area contributed by atoms with E-state index in [4.69, 9.17) is 0 Å². The second kappa shape index (κ2) is 7.33. The Hall–Kier alpha value is -0.0400. The van der Waals surface area contributed by atoms with Gasteiger partial charge in [-0.2, -0.15) is 0 Å². The lowest BCUT2D eigenvalue weighted by Gasteiger charge is -2.52. The van der Waals surface area contributed by atoms with E-state index in [1.807, 2.05) is 24.3 Å². The highest BCUT2D eigenvalue weighted by Crippen LogP contribution is 2.66. The van der Waals surface area contributed by atoms with Gasteiger partial charge < -0.3 is 10.2 Å². The smallest absolute Gasteiger partial charge is 0.117 e. The van der Waals surface area contributed by atoms with Crippen molar-refractivity contribution in [2.24, 2.45) is 0 Å². The quantitative estimate of drug-likeness (QED) is 0.355. The maximum absolute atomic E-state index is 10.1. The van der Waals surface area contributed by atoms with Crippen LogP contribution in [-0.4, -0.2) is 10.2 Å². The van der Waals surface area contributed by atoms with Crippen molar-refractivity contribution in [2.45, 2.75) is 55.8 Å². The summed E-state index contributed by atoms with van der Waals surface area (Å²) >= 11 is 15.0. The predicted octanol–water partition coefficient (Wildman–Crippen LogP) is 8.08. The standard InChI is InChI=1S/C21H20Br4O2/c22-14-8-12(26)9-15(23)18(14)20-4-1-2-5-21(20,7-3-6-20)19-16(24)10-13(27)11-17(19)25/h8-11,26-27H,1-7H2. The molecule has 27 heavy (non-hydrogen) atoms. The molecular weight excluding hydrogens is 604 g/mol. The Morgan fingerprint density at radius 2 is 0.852 bits per heavy atom. The summed E-state index contributed by atoms with van der Waals surface area (Å²) in [5.41, 5.74) is 2.51. The molecular formula is C21H20Br4O2. The lowest BCUT2D eigenvalue weighted by Crippen LogP contribution is -2.48. The summed E-state index contributed by atoms with van der Waals surface area (Å²) in [5.74, 6) is 0.528. The van der Waals surface area contributed by atoms with E-state index >= 15 is 0 Å². The molecule has 2 aromatic carbocycles. The summed E-state index contributed by atoms with van der Waals surface area (Å²) in [7, 11) is 0. The number of fused-ring (bicyclic) bond motifs is 1. The summed E-state index contributed by atoms with van der Waals surface area (Å²) < 4.78 is 3.87. The van der Waals surface area contributed by atoms with Gasteiger partial charge in [-0.3, -0.25) is 0 Å². The van der Waals surface area contributed by atoms with Crippen molar-refractivity contribution in [3.05, 3.63) is 53.3 Å². The topological polar surface area (TPSA) is 40.5 Å². The van der Waals surface area contributed by atoms with E-state index in [1.54, 1.807) is 0 Å².